The molecule has 4 aromatic rings. The summed E-state index contributed by atoms with van der Waals surface area (Å²) in [6, 6.07) is 21.8. The van der Waals surface area contributed by atoms with E-state index in [1.807, 2.05) is 24.3 Å². The minimum atomic E-state index is -3.50. The van der Waals surface area contributed by atoms with Crippen molar-refractivity contribution in [1.29, 1.82) is 0 Å². The van der Waals surface area contributed by atoms with Gasteiger partial charge in [-0.3, -0.25) is 9.88 Å². The molecule has 32 heavy (non-hydrogen) atoms. The summed E-state index contributed by atoms with van der Waals surface area (Å²) in [7, 11) is -3.50. The van der Waals surface area contributed by atoms with Crippen LogP contribution < -0.4 is 0 Å². The second-order valence-corrected chi connectivity index (χ2v) is 9.90. The van der Waals surface area contributed by atoms with Gasteiger partial charge in [0, 0.05) is 45.1 Å². The first kappa shape index (κ1) is 20.8. The Kier molecular flexibility index (Phi) is 5.73. The highest BCUT2D eigenvalue weighted by Crippen LogP contribution is 2.21. The van der Waals surface area contributed by atoms with Crippen LogP contribution in [0.15, 0.2) is 84.0 Å². The Balaban J connectivity index is 1.33. The smallest absolute Gasteiger partial charge is 0.244 e. The zero-order valence-electron chi connectivity index (χ0n) is 17.7. The van der Waals surface area contributed by atoms with E-state index in [2.05, 4.69) is 44.8 Å². The van der Waals surface area contributed by atoms with E-state index < -0.39 is 10.0 Å². The molecule has 0 unspecified atom stereocenters. The fourth-order valence-electron chi connectivity index (χ4n) is 4.17. The maximum absolute atomic E-state index is 12.9. The number of hydrogen-bond donors (Lipinski definition) is 0. The summed E-state index contributed by atoms with van der Waals surface area (Å²) < 4.78 is 29.6. The van der Waals surface area contributed by atoms with Crippen LogP contribution in [0.25, 0.3) is 11.0 Å². The van der Waals surface area contributed by atoms with Gasteiger partial charge in [0.15, 0.2) is 0 Å². The molecule has 1 fully saturated rings. The van der Waals surface area contributed by atoms with Gasteiger partial charge in [-0.05, 0) is 29.8 Å². The maximum Gasteiger partial charge on any atom is 0.244 e. The molecule has 0 amide bonds. The van der Waals surface area contributed by atoms with Crippen LogP contribution in [0.1, 0.15) is 11.4 Å². The minimum Gasteiger partial charge on any atom is -0.322 e. The molecule has 2 aromatic carbocycles. The number of hydrogen-bond acceptors (Lipinski definition) is 5. The van der Waals surface area contributed by atoms with Crippen LogP contribution in [-0.2, 0) is 23.1 Å². The van der Waals surface area contributed by atoms with Crippen LogP contribution in [-0.4, -0.2) is 58.3 Å². The lowest BCUT2D eigenvalue weighted by atomic mass is 10.2. The van der Waals surface area contributed by atoms with Crippen molar-refractivity contribution in [2.45, 2.75) is 18.0 Å². The molecule has 0 N–H and O–H groups in total. The highest BCUT2D eigenvalue weighted by Gasteiger charge is 2.29. The molecule has 0 spiro atoms. The number of para-hydroxylation sites is 2. The Morgan fingerprint density at radius 2 is 1.56 bits per heavy atom. The molecule has 0 radical (unpaired) electrons. The van der Waals surface area contributed by atoms with E-state index in [1.54, 1.807) is 22.6 Å². The van der Waals surface area contributed by atoms with Gasteiger partial charge in [-0.15, -0.1) is 0 Å². The van der Waals surface area contributed by atoms with Gasteiger partial charge in [-0.1, -0.05) is 42.5 Å². The minimum absolute atomic E-state index is 0.248. The van der Waals surface area contributed by atoms with Crippen molar-refractivity contribution in [2.24, 2.45) is 0 Å². The molecule has 0 atom stereocenters. The number of fused-ring (bicyclic) bond motifs is 1. The normalized spacial score (nSPS) is 15.9. The summed E-state index contributed by atoms with van der Waals surface area (Å²) in [5, 5.41) is 0. The molecule has 7 nitrogen and oxygen atoms in total. The van der Waals surface area contributed by atoms with E-state index in [4.69, 9.17) is 4.98 Å². The van der Waals surface area contributed by atoms with Gasteiger partial charge in [-0.2, -0.15) is 4.31 Å². The first-order chi connectivity index (χ1) is 15.6. The molecule has 2 aromatic heterocycles. The molecule has 0 aliphatic carbocycles. The average Bonchev–Trinajstić information content (AvgIpc) is 3.17. The zero-order valence-corrected chi connectivity index (χ0v) is 18.5. The third-order valence-corrected chi connectivity index (χ3v) is 7.77. The number of rotatable bonds is 6. The van der Waals surface area contributed by atoms with Crippen LogP contribution in [0.4, 0.5) is 0 Å². The largest absolute Gasteiger partial charge is 0.322 e. The van der Waals surface area contributed by atoms with Crippen molar-refractivity contribution < 1.29 is 8.42 Å². The van der Waals surface area contributed by atoms with Crippen molar-refractivity contribution in [1.82, 2.24) is 23.7 Å². The quantitative estimate of drug-likeness (QED) is 0.454. The molecule has 1 aliphatic rings. The van der Waals surface area contributed by atoms with Gasteiger partial charge >= 0.3 is 0 Å². The van der Waals surface area contributed by atoms with Crippen molar-refractivity contribution in [3.8, 4) is 0 Å². The topological polar surface area (TPSA) is 71.3 Å². The molecule has 0 saturated carbocycles. The molecule has 8 heteroatoms. The van der Waals surface area contributed by atoms with Gasteiger partial charge in [0.2, 0.25) is 10.0 Å². The van der Waals surface area contributed by atoms with Crippen LogP contribution in [0, 0.1) is 0 Å². The Labute approximate surface area is 188 Å². The van der Waals surface area contributed by atoms with Crippen molar-refractivity contribution in [2.75, 3.05) is 26.2 Å². The van der Waals surface area contributed by atoms with E-state index in [0.29, 0.717) is 32.7 Å². The lowest BCUT2D eigenvalue weighted by molar-refractivity contribution is 0.176. The van der Waals surface area contributed by atoms with E-state index in [1.165, 1.54) is 11.8 Å². The Bertz CT molecular complexity index is 1300. The Morgan fingerprint density at radius 3 is 2.31 bits per heavy atom. The third kappa shape index (κ3) is 4.17. The maximum atomic E-state index is 12.9. The Hall–Kier alpha value is -3.07. The van der Waals surface area contributed by atoms with E-state index in [9.17, 15) is 8.42 Å². The second kappa shape index (κ2) is 8.82. The van der Waals surface area contributed by atoms with Crippen molar-refractivity contribution in [3.63, 3.8) is 0 Å². The van der Waals surface area contributed by atoms with E-state index in [0.717, 1.165) is 23.4 Å². The molecule has 3 heterocycles. The second-order valence-electron chi connectivity index (χ2n) is 7.96. The van der Waals surface area contributed by atoms with Gasteiger partial charge in [-0.25, -0.2) is 13.4 Å². The predicted molar refractivity (Wildman–Crippen MR) is 124 cm³/mol. The van der Waals surface area contributed by atoms with E-state index >= 15 is 0 Å². The summed E-state index contributed by atoms with van der Waals surface area (Å²) in [6.07, 6.45) is 2.99. The molecule has 5 rings (SSSR count). The number of aromatic nitrogens is 3. The number of sulfonamides is 1. The predicted octanol–water partition coefficient (Wildman–Crippen LogP) is 2.99. The van der Waals surface area contributed by atoms with Crippen LogP contribution in [0.2, 0.25) is 0 Å². The summed E-state index contributed by atoms with van der Waals surface area (Å²) in [4.78, 5) is 11.4. The summed E-state index contributed by atoms with van der Waals surface area (Å²) in [5.74, 6) is 0.999. The van der Waals surface area contributed by atoms with Gasteiger partial charge in [0.25, 0.3) is 0 Å². The molecular weight excluding hydrogens is 422 g/mol. The fourth-order valence-corrected chi connectivity index (χ4v) is 5.55. The zero-order chi connectivity index (χ0) is 22.0. The van der Waals surface area contributed by atoms with Crippen LogP contribution in [0.3, 0.4) is 0 Å². The van der Waals surface area contributed by atoms with Crippen molar-refractivity contribution >= 4 is 21.1 Å². The standard InChI is InChI=1S/C24H25N5O2S/c30-32(31,21-9-6-12-25-17-21)28-15-13-27(14-16-28)19-24-26-22-10-4-5-11-23(22)29(24)18-20-7-2-1-3-8-20/h1-12,17H,13-16,18-19H2. The number of nitrogens with zero attached hydrogens (tertiary/aromatic N) is 5. The average molecular weight is 448 g/mol. The van der Waals surface area contributed by atoms with Crippen LogP contribution >= 0.6 is 0 Å². The van der Waals surface area contributed by atoms with Gasteiger partial charge in [0.05, 0.1) is 17.6 Å². The third-order valence-electron chi connectivity index (χ3n) is 5.89. The lowest BCUT2D eigenvalue weighted by Crippen LogP contribution is -2.48. The van der Waals surface area contributed by atoms with Crippen LogP contribution in [0.5, 0.6) is 0 Å². The number of piperazine rings is 1. The number of benzene rings is 2. The fraction of sp³-hybridized carbons (Fsp3) is 0.250. The summed E-state index contributed by atoms with van der Waals surface area (Å²) in [5.41, 5.74) is 3.32. The molecule has 164 valence electrons. The highest BCUT2D eigenvalue weighted by molar-refractivity contribution is 7.89. The molecular formula is C24H25N5O2S. The highest BCUT2D eigenvalue weighted by atomic mass is 32.2. The van der Waals surface area contributed by atoms with Gasteiger partial charge < -0.3 is 4.57 Å². The van der Waals surface area contributed by atoms with Gasteiger partial charge in [0.1, 0.15) is 10.7 Å². The molecule has 1 saturated heterocycles. The number of pyridine rings is 1. The first-order valence-electron chi connectivity index (χ1n) is 10.7. The van der Waals surface area contributed by atoms with Crippen molar-refractivity contribution in [3.05, 3.63) is 90.5 Å². The summed E-state index contributed by atoms with van der Waals surface area (Å²) >= 11 is 0. The molecule has 0 bridgehead atoms. The first-order valence-corrected chi connectivity index (χ1v) is 12.2. The molecule has 1 aliphatic heterocycles. The number of imidazole rings is 1. The van der Waals surface area contributed by atoms with E-state index in [-0.39, 0.29) is 4.90 Å². The monoisotopic (exact) mass is 447 g/mol. The summed E-state index contributed by atoms with van der Waals surface area (Å²) in [6.45, 7) is 3.67. The SMILES string of the molecule is O=S(=O)(c1cccnc1)N1CCN(Cc2nc3ccccc3n2Cc2ccccc2)CC1. The Morgan fingerprint density at radius 1 is 0.812 bits per heavy atom. The lowest BCUT2D eigenvalue weighted by Gasteiger charge is -2.33.